The fourth-order valence-corrected chi connectivity index (χ4v) is 4.10. The zero-order valence-electron chi connectivity index (χ0n) is 15.7. The van der Waals surface area contributed by atoms with Crippen LogP contribution in [0.3, 0.4) is 0 Å². The van der Waals surface area contributed by atoms with Crippen LogP contribution in [-0.2, 0) is 21.4 Å². The van der Waals surface area contributed by atoms with Crippen LogP contribution >= 0.6 is 11.6 Å². The number of halogens is 1. The van der Waals surface area contributed by atoms with Gasteiger partial charge in [0, 0.05) is 16.7 Å². The van der Waals surface area contributed by atoms with Gasteiger partial charge in [-0.15, -0.1) is 0 Å². The molecule has 0 bridgehead atoms. The molecule has 30 heavy (non-hydrogen) atoms. The Morgan fingerprint density at radius 1 is 0.900 bits per heavy atom. The molecule has 0 saturated heterocycles. The first kappa shape index (κ1) is 20.0. The lowest BCUT2D eigenvalue weighted by Crippen LogP contribution is -2.33. The third-order valence-corrected chi connectivity index (χ3v) is 6.07. The number of hydrogen-bond donors (Lipinski definition) is 1. The van der Waals surface area contributed by atoms with Crippen molar-refractivity contribution in [2.24, 2.45) is 0 Å². The average Bonchev–Trinajstić information content (AvgIpc) is 3.12. The number of nitrogens with zero attached hydrogens (tertiary/aromatic N) is 1. The van der Waals surface area contributed by atoms with Gasteiger partial charge in [-0.1, -0.05) is 29.8 Å². The number of nitrogens with one attached hydrogen (secondary N) is 1. The topological polar surface area (TPSA) is 77.4 Å². The summed E-state index contributed by atoms with van der Waals surface area (Å²) < 4.78 is 34.5. The van der Waals surface area contributed by atoms with Crippen LogP contribution in [0.4, 0.5) is 0 Å². The number of ether oxygens (including phenoxy) is 1. The van der Waals surface area contributed by atoms with Crippen LogP contribution in [0.5, 0.6) is 11.5 Å². The van der Waals surface area contributed by atoms with Gasteiger partial charge in [-0.2, -0.15) is 0 Å². The maximum atomic E-state index is 12.5. The largest absolute Gasteiger partial charge is 0.457 e. The molecule has 0 spiro atoms. The van der Waals surface area contributed by atoms with Crippen LogP contribution in [0.25, 0.3) is 10.9 Å². The summed E-state index contributed by atoms with van der Waals surface area (Å²) in [7, 11) is -4.00. The molecule has 152 valence electrons. The molecule has 0 aliphatic heterocycles. The number of aromatic nitrogens is 1. The smallest absolute Gasteiger partial charge is 0.264 e. The minimum atomic E-state index is -4.00. The number of rotatable bonds is 6. The minimum Gasteiger partial charge on any atom is -0.457 e. The van der Waals surface area contributed by atoms with Gasteiger partial charge >= 0.3 is 0 Å². The minimum absolute atomic E-state index is 0.0309. The van der Waals surface area contributed by atoms with Crippen LogP contribution < -0.4 is 9.46 Å². The van der Waals surface area contributed by atoms with Crippen molar-refractivity contribution in [2.75, 3.05) is 0 Å². The first-order valence-corrected chi connectivity index (χ1v) is 10.9. The summed E-state index contributed by atoms with van der Waals surface area (Å²) in [6, 6.07) is 22.0. The highest BCUT2D eigenvalue weighted by Crippen LogP contribution is 2.24. The maximum absolute atomic E-state index is 12.5. The van der Waals surface area contributed by atoms with Gasteiger partial charge in [-0.05, 0) is 66.0 Å². The number of hydrogen-bond acceptors (Lipinski definition) is 4. The van der Waals surface area contributed by atoms with Crippen LogP contribution in [0.15, 0.2) is 90.0 Å². The van der Waals surface area contributed by atoms with Crippen molar-refractivity contribution in [1.29, 1.82) is 0 Å². The van der Waals surface area contributed by atoms with Crippen molar-refractivity contribution in [3.05, 3.63) is 90.1 Å². The van der Waals surface area contributed by atoms with Crippen molar-refractivity contribution in [2.45, 2.75) is 11.4 Å². The predicted molar refractivity (Wildman–Crippen MR) is 115 cm³/mol. The predicted octanol–water partition coefficient (Wildman–Crippen LogP) is 4.59. The molecule has 0 radical (unpaired) electrons. The van der Waals surface area contributed by atoms with Crippen LogP contribution in [0.2, 0.25) is 5.02 Å². The Balaban J connectivity index is 1.43. The summed E-state index contributed by atoms with van der Waals surface area (Å²) in [5, 5.41) is 1.57. The quantitative estimate of drug-likeness (QED) is 0.475. The van der Waals surface area contributed by atoms with E-state index in [-0.39, 0.29) is 11.4 Å². The molecular formula is C22H17ClN2O4S. The number of fused-ring (bicyclic) bond motifs is 1. The van der Waals surface area contributed by atoms with Gasteiger partial charge < -0.3 is 9.30 Å². The lowest BCUT2D eigenvalue weighted by molar-refractivity contribution is -0.119. The van der Waals surface area contributed by atoms with Crippen molar-refractivity contribution in [3.63, 3.8) is 0 Å². The van der Waals surface area contributed by atoms with Gasteiger partial charge in [0.15, 0.2) is 0 Å². The number of carbonyl (C=O) groups excluding carboxylic acids is 1. The number of benzene rings is 3. The second kappa shape index (κ2) is 8.22. The normalized spacial score (nSPS) is 11.4. The second-order valence-electron chi connectivity index (χ2n) is 6.56. The van der Waals surface area contributed by atoms with E-state index >= 15 is 0 Å². The Hall–Kier alpha value is -3.29. The van der Waals surface area contributed by atoms with E-state index in [0.29, 0.717) is 16.5 Å². The van der Waals surface area contributed by atoms with Gasteiger partial charge in [-0.3, -0.25) is 4.79 Å². The molecule has 1 heterocycles. The molecule has 4 aromatic rings. The standard InChI is InChI=1S/C22H17ClN2O4S/c23-17-5-7-18(8-6-17)29-19-9-11-20(12-10-19)30(27,28)24-22(26)15-25-14-13-16-3-1-2-4-21(16)25/h1-14H,15H2,(H,24,26). The molecule has 0 unspecified atom stereocenters. The van der Waals surface area contributed by atoms with E-state index in [2.05, 4.69) is 4.72 Å². The zero-order chi connectivity index (χ0) is 21.1. The summed E-state index contributed by atoms with van der Waals surface area (Å²) in [6.07, 6.45) is 1.75. The van der Waals surface area contributed by atoms with Gasteiger partial charge in [0.25, 0.3) is 15.9 Å². The van der Waals surface area contributed by atoms with E-state index in [4.69, 9.17) is 16.3 Å². The van der Waals surface area contributed by atoms with Gasteiger partial charge in [-0.25, -0.2) is 13.1 Å². The van der Waals surface area contributed by atoms with E-state index in [1.807, 2.05) is 30.3 Å². The highest BCUT2D eigenvalue weighted by Gasteiger charge is 2.18. The average molecular weight is 441 g/mol. The van der Waals surface area contributed by atoms with Crippen LogP contribution in [0, 0.1) is 0 Å². The molecule has 3 aromatic carbocycles. The summed E-state index contributed by atoms with van der Waals surface area (Å²) in [5.41, 5.74) is 0.855. The molecule has 0 saturated carbocycles. The Morgan fingerprint density at radius 2 is 1.53 bits per heavy atom. The van der Waals surface area contributed by atoms with E-state index in [0.717, 1.165) is 10.9 Å². The zero-order valence-corrected chi connectivity index (χ0v) is 17.2. The fraction of sp³-hybridized carbons (Fsp3) is 0.0455. The van der Waals surface area contributed by atoms with Gasteiger partial charge in [0.05, 0.1) is 4.90 Å². The monoisotopic (exact) mass is 440 g/mol. The van der Waals surface area contributed by atoms with E-state index < -0.39 is 15.9 Å². The number of para-hydroxylation sites is 1. The molecule has 1 aromatic heterocycles. The van der Waals surface area contributed by atoms with Crippen molar-refractivity contribution < 1.29 is 17.9 Å². The van der Waals surface area contributed by atoms with Crippen molar-refractivity contribution in [1.82, 2.24) is 9.29 Å². The highest BCUT2D eigenvalue weighted by molar-refractivity contribution is 7.90. The number of sulfonamides is 1. The molecule has 4 rings (SSSR count). The lowest BCUT2D eigenvalue weighted by Gasteiger charge is -2.10. The maximum Gasteiger partial charge on any atom is 0.264 e. The Labute approximate surface area is 178 Å². The summed E-state index contributed by atoms with van der Waals surface area (Å²) in [6.45, 7) is -0.107. The molecule has 6 nitrogen and oxygen atoms in total. The van der Waals surface area contributed by atoms with Crippen molar-refractivity contribution >= 4 is 38.4 Å². The molecule has 8 heteroatoms. The van der Waals surface area contributed by atoms with E-state index in [9.17, 15) is 13.2 Å². The number of carbonyl (C=O) groups is 1. The van der Waals surface area contributed by atoms with E-state index in [1.165, 1.54) is 24.3 Å². The van der Waals surface area contributed by atoms with Gasteiger partial charge in [0.2, 0.25) is 0 Å². The molecule has 1 N–H and O–H groups in total. The lowest BCUT2D eigenvalue weighted by atomic mass is 10.2. The first-order chi connectivity index (χ1) is 14.4. The first-order valence-electron chi connectivity index (χ1n) is 9.04. The molecule has 1 amide bonds. The fourth-order valence-electron chi connectivity index (χ4n) is 3.00. The molecule has 0 fully saturated rings. The SMILES string of the molecule is O=C(Cn1ccc2ccccc21)NS(=O)(=O)c1ccc(Oc2ccc(Cl)cc2)cc1. The second-order valence-corrected chi connectivity index (χ2v) is 8.68. The molecule has 0 aliphatic carbocycles. The van der Waals surface area contributed by atoms with Crippen LogP contribution in [-0.4, -0.2) is 18.9 Å². The van der Waals surface area contributed by atoms with Gasteiger partial charge in [0.1, 0.15) is 18.0 Å². The molecular weight excluding hydrogens is 424 g/mol. The third-order valence-electron chi connectivity index (χ3n) is 4.43. The summed E-state index contributed by atoms with van der Waals surface area (Å²) >= 11 is 5.84. The molecule has 0 atom stereocenters. The highest BCUT2D eigenvalue weighted by atomic mass is 35.5. The Bertz CT molecular complexity index is 1300. The molecule has 0 aliphatic rings. The van der Waals surface area contributed by atoms with E-state index in [1.54, 1.807) is 35.0 Å². The summed E-state index contributed by atoms with van der Waals surface area (Å²) in [5.74, 6) is 0.404. The number of amides is 1. The Kier molecular flexibility index (Phi) is 5.48. The summed E-state index contributed by atoms with van der Waals surface area (Å²) in [4.78, 5) is 12.3. The van der Waals surface area contributed by atoms with Crippen LogP contribution in [0.1, 0.15) is 0 Å². The van der Waals surface area contributed by atoms with Crippen molar-refractivity contribution in [3.8, 4) is 11.5 Å². The third kappa shape index (κ3) is 4.48. The Morgan fingerprint density at radius 3 is 2.23 bits per heavy atom.